The van der Waals surface area contributed by atoms with Gasteiger partial charge in [-0.25, -0.2) is 0 Å². The van der Waals surface area contributed by atoms with E-state index in [2.05, 4.69) is 15.5 Å². The average Bonchev–Trinajstić information content (AvgIpc) is 3.26. The highest BCUT2D eigenvalue weighted by Gasteiger charge is 2.23. The summed E-state index contributed by atoms with van der Waals surface area (Å²) < 4.78 is 10.8. The van der Waals surface area contributed by atoms with Gasteiger partial charge in [0.2, 0.25) is 0 Å². The van der Waals surface area contributed by atoms with Crippen LogP contribution in [0.3, 0.4) is 0 Å². The van der Waals surface area contributed by atoms with Crippen LogP contribution in [0.2, 0.25) is 10.0 Å². The van der Waals surface area contributed by atoms with Gasteiger partial charge in [-0.05, 0) is 66.2 Å². The van der Waals surface area contributed by atoms with Crippen molar-refractivity contribution in [2.75, 3.05) is 36.9 Å². The number of nitrogens with one attached hydrogen (secondary N) is 1. The first kappa shape index (κ1) is 24.2. The largest absolute Gasteiger partial charge is 0.493 e. The number of hydrogen-bond donors (Lipinski definition) is 2. The summed E-state index contributed by atoms with van der Waals surface area (Å²) in [6.45, 7) is 4.59. The van der Waals surface area contributed by atoms with Crippen LogP contribution in [-0.2, 0) is 6.42 Å². The Labute approximate surface area is 209 Å². The number of carbonyl (C=O) groups excluding carboxylic acids is 1. The van der Waals surface area contributed by atoms with Crippen LogP contribution >= 0.6 is 23.2 Å². The van der Waals surface area contributed by atoms with Crippen molar-refractivity contribution in [2.24, 2.45) is 5.92 Å². The van der Waals surface area contributed by atoms with Crippen LogP contribution in [0.1, 0.15) is 35.8 Å². The van der Waals surface area contributed by atoms with Crippen LogP contribution < -0.4 is 20.7 Å². The summed E-state index contributed by atoms with van der Waals surface area (Å²) in [6.07, 6.45) is 2.48. The molecular weight excluding hydrogens is 477 g/mol. The van der Waals surface area contributed by atoms with Gasteiger partial charge in [-0.2, -0.15) is 4.98 Å². The van der Waals surface area contributed by atoms with Crippen molar-refractivity contribution in [1.29, 1.82) is 0 Å². The fourth-order valence-electron chi connectivity index (χ4n) is 3.92. The Morgan fingerprint density at radius 3 is 2.76 bits per heavy atom. The minimum absolute atomic E-state index is 0. The zero-order valence-electron chi connectivity index (χ0n) is 18.9. The van der Waals surface area contributed by atoms with E-state index in [4.69, 9.17) is 38.2 Å². The number of hydrogen-bond acceptors (Lipinski definition) is 7. The molecule has 3 aromatic rings. The SMILES string of the molecule is Cc1ccc(C(=O)NCC2CCN(c3noc(N)n3)CC2)cc1OCCc1ccc(Cl)cc1Cl.[HH]. The second kappa shape index (κ2) is 11.0. The lowest BCUT2D eigenvalue weighted by molar-refractivity contribution is 0.0944. The molecule has 0 unspecified atom stereocenters. The van der Waals surface area contributed by atoms with E-state index in [1.807, 2.05) is 36.1 Å². The van der Waals surface area contributed by atoms with Crippen molar-refractivity contribution in [1.82, 2.24) is 15.5 Å². The van der Waals surface area contributed by atoms with Crippen LogP contribution in [-0.4, -0.2) is 42.3 Å². The van der Waals surface area contributed by atoms with Gasteiger partial charge in [0.25, 0.3) is 11.9 Å². The molecule has 4 rings (SSSR count). The Hall–Kier alpha value is -2.97. The molecule has 8 nitrogen and oxygen atoms in total. The molecule has 1 aromatic heterocycles. The number of amides is 1. The number of nitrogen functional groups attached to an aromatic ring is 1. The number of ether oxygens (including phenoxy) is 1. The molecule has 1 amide bonds. The summed E-state index contributed by atoms with van der Waals surface area (Å²) in [5.41, 5.74) is 8.00. The van der Waals surface area contributed by atoms with E-state index in [0.717, 1.165) is 37.1 Å². The standard InChI is InChI=1S/C24H27Cl2N5O3.H2/c1-15-2-3-18(12-21(15)33-11-8-17-4-5-19(25)13-20(17)26)22(32)28-14-16-6-9-31(10-7-16)24-29-23(27)34-30-24;/h2-5,12-13,16H,6-11,14H2,1H3,(H,28,32)(H2,27,29,30);1H. The fourth-order valence-corrected chi connectivity index (χ4v) is 4.43. The number of halogens is 2. The number of nitrogens with two attached hydrogens (primary N) is 1. The lowest BCUT2D eigenvalue weighted by Gasteiger charge is -2.30. The van der Waals surface area contributed by atoms with E-state index < -0.39 is 0 Å². The minimum Gasteiger partial charge on any atom is -0.493 e. The Kier molecular flexibility index (Phi) is 7.80. The molecule has 10 heteroatoms. The zero-order valence-corrected chi connectivity index (χ0v) is 20.4. The highest BCUT2D eigenvalue weighted by atomic mass is 35.5. The summed E-state index contributed by atoms with van der Waals surface area (Å²) >= 11 is 12.2. The van der Waals surface area contributed by atoms with Crippen LogP contribution in [0.15, 0.2) is 40.9 Å². The predicted molar refractivity (Wildman–Crippen MR) is 135 cm³/mol. The van der Waals surface area contributed by atoms with Crippen LogP contribution in [0, 0.1) is 12.8 Å². The maximum atomic E-state index is 12.8. The van der Waals surface area contributed by atoms with E-state index in [1.165, 1.54) is 0 Å². The first-order valence-electron chi connectivity index (χ1n) is 11.2. The van der Waals surface area contributed by atoms with Crippen LogP contribution in [0.5, 0.6) is 5.75 Å². The molecule has 2 aromatic carbocycles. The number of aromatic nitrogens is 2. The summed E-state index contributed by atoms with van der Waals surface area (Å²) in [6, 6.07) is 11.0. The van der Waals surface area contributed by atoms with Gasteiger partial charge in [0.05, 0.1) is 6.61 Å². The molecule has 1 aliphatic heterocycles. The van der Waals surface area contributed by atoms with Crippen molar-refractivity contribution >= 4 is 41.1 Å². The Balaban J connectivity index is 0.00000342. The van der Waals surface area contributed by atoms with Gasteiger partial charge in [-0.1, -0.05) is 35.3 Å². The van der Waals surface area contributed by atoms with Crippen LogP contribution in [0.25, 0.3) is 0 Å². The molecule has 0 bridgehead atoms. The molecule has 0 saturated carbocycles. The molecule has 1 aliphatic rings. The number of anilines is 2. The second-order valence-corrected chi connectivity index (χ2v) is 9.23. The lowest BCUT2D eigenvalue weighted by Crippen LogP contribution is -2.39. The number of piperidine rings is 1. The summed E-state index contributed by atoms with van der Waals surface area (Å²) in [7, 11) is 0. The molecule has 1 saturated heterocycles. The van der Waals surface area contributed by atoms with Gasteiger partial charge in [-0.3, -0.25) is 4.79 Å². The van der Waals surface area contributed by atoms with E-state index in [1.54, 1.807) is 12.1 Å². The van der Waals surface area contributed by atoms with E-state index in [-0.39, 0.29) is 13.3 Å². The monoisotopic (exact) mass is 505 g/mol. The smallest absolute Gasteiger partial charge is 0.320 e. The van der Waals surface area contributed by atoms with Crippen molar-refractivity contribution in [3.8, 4) is 5.75 Å². The molecule has 1 fully saturated rings. The number of benzene rings is 2. The topological polar surface area (TPSA) is 107 Å². The highest BCUT2D eigenvalue weighted by Crippen LogP contribution is 2.24. The van der Waals surface area contributed by atoms with Gasteiger partial charge >= 0.3 is 6.01 Å². The minimum atomic E-state index is -0.112. The summed E-state index contributed by atoms with van der Waals surface area (Å²) in [5.74, 6) is 1.48. The van der Waals surface area contributed by atoms with Gasteiger partial charge in [0.15, 0.2) is 0 Å². The van der Waals surface area contributed by atoms with E-state index >= 15 is 0 Å². The second-order valence-electron chi connectivity index (χ2n) is 8.39. The molecule has 34 heavy (non-hydrogen) atoms. The summed E-state index contributed by atoms with van der Waals surface area (Å²) in [5, 5.41) is 8.14. The molecule has 0 atom stereocenters. The zero-order chi connectivity index (χ0) is 24.1. The predicted octanol–water partition coefficient (Wildman–Crippen LogP) is 4.78. The molecule has 0 spiro atoms. The van der Waals surface area contributed by atoms with E-state index in [0.29, 0.717) is 52.8 Å². The third kappa shape index (κ3) is 6.12. The molecule has 182 valence electrons. The Morgan fingerprint density at radius 1 is 1.26 bits per heavy atom. The van der Waals surface area contributed by atoms with Gasteiger partial charge in [-0.15, -0.1) is 0 Å². The number of aryl methyl sites for hydroxylation is 1. The molecule has 3 N–H and O–H groups in total. The maximum Gasteiger partial charge on any atom is 0.320 e. The van der Waals surface area contributed by atoms with Crippen molar-refractivity contribution < 1.29 is 15.5 Å². The van der Waals surface area contributed by atoms with Gasteiger partial charge in [0.1, 0.15) is 5.75 Å². The number of nitrogens with zero attached hydrogens (tertiary/aromatic N) is 3. The summed E-state index contributed by atoms with van der Waals surface area (Å²) in [4.78, 5) is 18.9. The van der Waals surface area contributed by atoms with Crippen molar-refractivity contribution in [3.05, 3.63) is 63.1 Å². The molecular formula is C24H29Cl2N5O3. The number of carbonyl (C=O) groups is 1. The molecule has 0 aliphatic carbocycles. The quantitative estimate of drug-likeness (QED) is 0.453. The van der Waals surface area contributed by atoms with Crippen LogP contribution in [0.4, 0.5) is 12.0 Å². The first-order valence-corrected chi connectivity index (χ1v) is 11.9. The normalized spacial score (nSPS) is 14.3. The third-order valence-electron chi connectivity index (χ3n) is 5.97. The number of rotatable bonds is 8. The fraction of sp³-hybridized carbons (Fsp3) is 0.375. The van der Waals surface area contributed by atoms with E-state index in [9.17, 15) is 4.79 Å². The third-order valence-corrected chi connectivity index (χ3v) is 6.56. The van der Waals surface area contributed by atoms with Crippen molar-refractivity contribution in [3.63, 3.8) is 0 Å². The molecule has 2 heterocycles. The molecule has 0 radical (unpaired) electrons. The lowest BCUT2D eigenvalue weighted by atomic mass is 9.97. The van der Waals surface area contributed by atoms with Gasteiger partial charge in [0, 0.05) is 43.1 Å². The first-order chi connectivity index (χ1) is 16.4. The van der Waals surface area contributed by atoms with Crippen molar-refractivity contribution in [2.45, 2.75) is 26.2 Å². The van der Waals surface area contributed by atoms with Gasteiger partial charge < -0.3 is 25.2 Å². The Morgan fingerprint density at radius 2 is 2.06 bits per heavy atom. The Bertz CT molecular complexity index is 1150. The highest BCUT2D eigenvalue weighted by molar-refractivity contribution is 6.35. The maximum absolute atomic E-state index is 12.8. The average molecular weight is 506 g/mol.